The minimum Gasteiger partial charge on any atom is -0.315 e. The smallest absolute Gasteiger partial charge is 0.315 e. The number of carbonyl (C=O) groups is 2. The molecule has 3 amide bonds. The summed E-state index contributed by atoms with van der Waals surface area (Å²) < 4.78 is 0. The van der Waals surface area contributed by atoms with E-state index in [2.05, 4.69) is 11.4 Å². The number of carbonyl (C=O) groups excluding carboxylic acids is 2. The number of nitrogens with zero attached hydrogens (tertiary/aromatic N) is 2. The second-order valence-electron chi connectivity index (χ2n) is 5.86. The van der Waals surface area contributed by atoms with E-state index in [9.17, 15) is 9.59 Å². The van der Waals surface area contributed by atoms with E-state index >= 15 is 0 Å². The molecule has 0 aliphatic carbocycles. The van der Waals surface area contributed by atoms with Gasteiger partial charge in [0.1, 0.15) is 0 Å². The van der Waals surface area contributed by atoms with Gasteiger partial charge < -0.3 is 5.32 Å². The molecule has 1 N–H and O–H groups in total. The topological polar surface area (TPSA) is 73.2 Å². The van der Waals surface area contributed by atoms with Crippen LogP contribution < -0.4 is 5.32 Å². The Morgan fingerprint density at radius 3 is 2.00 bits per heavy atom. The molecule has 0 spiro atoms. The predicted octanol–water partition coefficient (Wildman–Crippen LogP) is 2.64. The molecule has 2 aromatic rings. The Bertz CT molecular complexity index is 757. The molecule has 0 bridgehead atoms. The second-order valence-corrected chi connectivity index (χ2v) is 5.86. The highest BCUT2D eigenvalue weighted by Gasteiger charge is 2.53. The quantitative estimate of drug-likeness (QED) is 0.881. The van der Waals surface area contributed by atoms with Gasteiger partial charge in [-0.25, -0.2) is 4.79 Å². The molecule has 1 aliphatic heterocycles. The minimum absolute atomic E-state index is 0.0720. The van der Waals surface area contributed by atoms with Gasteiger partial charge in [0.05, 0.1) is 12.0 Å². The van der Waals surface area contributed by atoms with Gasteiger partial charge >= 0.3 is 6.03 Å². The van der Waals surface area contributed by atoms with Gasteiger partial charge in [0, 0.05) is 6.54 Å². The normalized spacial score (nSPS) is 17.2. The first-order chi connectivity index (χ1) is 11.6. The number of rotatable bonds is 4. The average molecular weight is 319 g/mol. The third-order valence-corrected chi connectivity index (χ3v) is 4.20. The van der Waals surface area contributed by atoms with E-state index in [1.165, 1.54) is 0 Å². The van der Waals surface area contributed by atoms with Crippen molar-refractivity contribution in [1.29, 1.82) is 5.26 Å². The van der Waals surface area contributed by atoms with Crippen molar-refractivity contribution >= 4 is 11.9 Å². The number of benzene rings is 2. The molecule has 2 aromatic carbocycles. The Balaban J connectivity index is 2.13. The molecule has 0 radical (unpaired) electrons. The van der Waals surface area contributed by atoms with E-state index in [4.69, 9.17) is 5.26 Å². The molecular weight excluding hydrogens is 302 g/mol. The Hall–Kier alpha value is -3.13. The van der Waals surface area contributed by atoms with Crippen LogP contribution in [0, 0.1) is 17.2 Å². The first-order valence-corrected chi connectivity index (χ1v) is 7.74. The number of nitrogens with one attached hydrogen (secondary N) is 1. The standard InChI is InChI=1S/C19H17N3O2/c1-14(12-20)13-22-17(23)19(21-18(22)24,15-8-4-2-5-9-15)16-10-6-3-7-11-16/h2-11,14H,13H2,1H3,(H,21,24)/t14-/m0/s1. The third-order valence-electron chi connectivity index (χ3n) is 4.20. The lowest BCUT2D eigenvalue weighted by molar-refractivity contribution is -0.130. The highest BCUT2D eigenvalue weighted by molar-refractivity contribution is 6.09. The lowest BCUT2D eigenvalue weighted by Crippen LogP contribution is -2.45. The maximum atomic E-state index is 13.2. The Morgan fingerprint density at radius 1 is 1.04 bits per heavy atom. The van der Waals surface area contributed by atoms with E-state index in [1.807, 2.05) is 60.7 Å². The minimum atomic E-state index is -1.26. The van der Waals surface area contributed by atoms with Crippen LogP contribution in [0.1, 0.15) is 18.1 Å². The summed E-state index contributed by atoms with van der Waals surface area (Å²) in [6, 6.07) is 19.9. The summed E-state index contributed by atoms with van der Waals surface area (Å²) in [5.41, 5.74) is 0.137. The summed E-state index contributed by atoms with van der Waals surface area (Å²) in [4.78, 5) is 26.8. The van der Waals surface area contributed by atoms with Crippen molar-refractivity contribution in [1.82, 2.24) is 10.2 Å². The molecule has 120 valence electrons. The van der Waals surface area contributed by atoms with Crippen molar-refractivity contribution < 1.29 is 9.59 Å². The maximum Gasteiger partial charge on any atom is 0.325 e. The van der Waals surface area contributed by atoms with Gasteiger partial charge in [0.15, 0.2) is 5.54 Å². The van der Waals surface area contributed by atoms with Gasteiger partial charge in [-0.15, -0.1) is 0 Å². The molecule has 1 saturated heterocycles. The van der Waals surface area contributed by atoms with E-state index in [0.717, 1.165) is 4.90 Å². The van der Waals surface area contributed by atoms with Crippen LogP contribution in [0.3, 0.4) is 0 Å². The molecule has 1 heterocycles. The van der Waals surface area contributed by atoms with Crippen LogP contribution in [0.15, 0.2) is 60.7 Å². The summed E-state index contributed by atoms with van der Waals surface area (Å²) in [6.45, 7) is 1.76. The molecule has 3 rings (SSSR count). The fourth-order valence-electron chi connectivity index (χ4n) is 2.99. The van der Waals surface area contributed by atoms with Gasteiger partial charge in [-0.05, 0) is 18.1 Å². The van der Waals surface area contributed by atoms with Gasteiger partial charge in [0.25, 0.3) is 5.91 Å². The monoisotopic (exact) mass is 319 g/mol. The lowest BCUT2D eigenvalue weighted by atomic mass is 9.82. The van der Waals surface area contributed by atoms with Crippen molar-refractivity contribution in [2.45, 2.75) is 12.5 Å². The molecule has 24 heavy (non-hydrogen) atoms. The van der Waals surface area contributed by atoms with Gasteiger partial charge in [-0.3, -0.25) is 9.69 Å². The molecule has 1 aliphatic rings. The summed E-state index contributed by atoms with van der Waals surface area (Å²) >= 11 is 0. The van der Waals surface area contributed by atoms with Crippen molar-refractivity contribution in [2.24, 2.45) is 5.92 Å². The van der Waals surface area contributed by atoms with Crippen LogP contribution in [0.5, 0.6) is 0 Å². The van der Waals surface area contributed by atoms with Crippen LogP contribution in [0.2, 0.25) is 0 Å². The molecule has 0 aromatic heterocycles. The molecular formula is C19H17N3O2. The number of imide groups is 1. The second kappa shape index (κ2) is 6.17. The van der Waals surface area contributed by atoms with Gasteiger partial charge in [0.2, 0.25) is 0 Å². The fourth-order valence-corrected chi connectivity index (χ4v) is 2.99. The number of hydrogen-bond donors (Lipinski definition) is 1. The van der Waals surface area contributed by atoms with E-state index < -0.39 is 17.5 Å². The van der Waals surface area contributed by atoms with Crippen LogP contribution >= 0.6 is 0 Å². The van der Waals surface area contributed by atoms with Crippen molar-refractivity contribution in [2.75, 3.05) is 6.54 Å². The van der Waals surface area contributed by atoms with E-state index in [0.29, 0.717) is 11.1 Å². The summed E-state index contributed by atoms with van der Waals surface area (Å²) in [6.07, 6.45) is 0. The van der Waals surface area contributed by atoms with Crippen molar-refractivity contribution in [3.63, 3.8) is 0 Å². The first-order valence-electron chi connectivity index (χ1n) is 7.74. The van der Waals surface area contributed by atoms with Gasteiger partial charge in [-0.1, -0.05) is 60.7 Å². The van der Waals surface area contributed by atoms with E-state index in [-0.39, 0.29) is 12.5 Å². The third kappa shape index (κ3) is 2.42. The molecule has 1 atom stereocenters. The number of amides is 3. The first kappa shape index (κ1) is 15.8. The lowest BCUT2D eigenvalue weighted by Gasteiger charge is -2.28. The molecule has 0 saturated carbocycles. The summed E-state index contributed by atoms with van der Waals surface area (Å²) in [7, 11) is 0. The molecule has 0 unspecified atom stereocenters. The van der Waals surface area contributed by atoms with Crippen LogP contribution in [-0.2, 0) is 10.3 Å². The largest absolute Gasteiger partial charge is 0.325 e. The predicted molar refractivity (Wildman–Crippen MR) is 88.7 cm³/mol. The summed E-state index contributed by atoms with van der Waals surface area (Å²) in [5.74, 6) is -0.783. The van der Waals surface area contributed by atoms with Crippen molar-refractivity contribution in [3.05, 3.63) is 71.8 Å². The highest BCUT2D eigenvalue weighted by Crippen LogP contribution is 2.36. The van der Waals surface area contributed by atoms with E-state index in [1.54, 1.807) is 6.92 Å². The molecule has 5 heteroatoms. The van der Waals surface area contributed by atoms with Crippen LogP contribution in [-0.4, -0.2) is 23.4 Å². The van der Waals surface area contributed by atoms with Crippen molar-refractivity contribution in [3.8, 4) is 6.07 Å². The Kier molecular flexibility index (Phi) is 4.05. The van der Waals surface area contributed by atoms with Gasteiger partial charge in [-0.2, -0.15) is 5.26 Å². The number of urea groups is 1. The summed E-state index contributed by atoms with van der Waals surface area (Å²) in [5, 5.41) is 11.9. The number of nitriles is 1. The highest BCUT2D eigenvalue weighted by atomic mass is 16.2. The fraction of sp³-hybridized carbons (Fsp3) is 0.211. The zero-order chi connectivity index (χ0) is 17.2. The van der Waals surface area contributed by atoms with Crippen LogP contribution in [0.4, 0.5) is 4.79 Å². The van der Waals surface area contributed by atoms with Crippen LogP contribution in [0.25, 0.3) is 0 Å². The Morgan fingerprint density at radius 2 is 1.54 bits per heavy atom. The average Bonchev–Trinajstić information content (AvgIpc) is 2.88. The maximum absolute atomic E-state index is 13.2. The molecule has 1 fully saturated rings. The molecule has 5 nitrogen and oxygen atoms in total. The Labute approximate surface area is 140 Å². The SMILES string of the molecule is C[C@@H](C#N)CN1C(=O)NC(c2ccccc2)(c2ccccc2)C1=O. The zero-order valence-electron chi connectivity index (χ0n) is 13.3. The number of hydrogen-bond acceptors (Lipinski definition) is 3. The zero-order valence-corrected chi connectivity index (χ0v) is 13.3.